The second-order valence-electron chi connectivity index (χ2n) is 13.0. The van der Waals surface area contributed by atoms with Crippen molar-refractivity contribution in [1.82, 2.24) is 0 Å². The molecule has 0 heterocycles. The third-order valence-electron chi connectivity index (χ3n) is 10.8. The average Bonchev–Trinajstić information content (AvgIpc) is 3.11. The molecule has 0 bridgehead atoms. The molecule has 3 fully saturated rings. The molecule has 0 radical (unpaired) electrons. The molecule has 0 aliphatic heterocycles. The molecule has 0 N–H and O–H groups in total. The number of esters is 1. The molecular weight excluding hydrogens is 392 g/mol. The van der Waals surface area contributed by atoms with Gasteiger partial charge in [0.25, 0.3) is 0 Å². The first-order valence-corrected chi connectivity index (χ1v) is 14.1. The number of hydrogen-bond donors (Lipinski definition) is 0. The first kappa shape index (κ1) is 24.3. The summed E-state index contributed by atoms with van der Waals surface area (Å²) in [4.78, 5) is 11.9. The second kappa shape index (κ2) is 9.46. The zero-order valence-electron chi connectivity index (χ0n) is 21.9. The van der Waals surface area contributed by atoms with Crippen molar-refractivity contribution in [2.45, 2.75) is 125 Å². The number of rotatable bonds is 7. The minimum atomic E-state index is -0.0270. The summed E-state index contributed by atoms with van der Waals surface area (Å²) in [5.41, 5.74) is 2.54. The first-order valence-electron chi connectivity index (χ1n) is 14.1. The van der Waals surface area contributed by atoms with Crippen LogP contribution in [0.1, 0.15) is 119 Å². The summed E-state index contributed by atoms with van der Waals surface area (Å²) in [6.07, 6.45) is 17.8. The molecular formula is C30H50O2. The molecule has 4 rings (SSSR count). The van der Waals surface area contributed by atoms with E-state index < -0.39 is 0 Å². The van der Waals surface area contributed by atoms with Crippen LogP contribution in [0.3, 0.4) is 0 Å². The van der Waals surface area contributed by atoms with Crippen LogP contribution >= 0.6 is 0 Å². The lowest BCUT2D eigenvalue weighted by Crippen LogP contribution is -2.51. The molecule has 0 aromatic rings. The van der Waals surface area contributed by atoms with Crippen LogP contribution in [-0.4, -0.2) is 12.1 Å². The van der Waals surface area contributed by atoms with E-state index in [1.54, 1.807) is 5.57 Å². The normalized spacial score (nSPS) is 42.0. The monoisotopic (exact) mass is 442 g/mol. The third-order valence-corrected chi connectivity index (χ3v) is 10.8. The lowest BCUT2D eigenvalue weighted by Gasteiger charge is -2.58. The molecule has 0 aromatic carbocycles. The van der Waals surface area contributed by atoms with Crippen LogP contribution < -0.4 is 0 Å². The molecule has 32 heavy (non-hydrogen) atoms. The Labute approximate surface area is 198 Å². The molecule has 4 aliphatic rings. The number of hydrogen-bond acceptors (Lipinski definition) is 2. The predicted octanol–water partition coefficient (Wildman–Crippen LogP) is 8.35. The fourth-order valence-corrected chi connectivity index (χ4v) is 9.02. The highest BCUT2D eigenvalue weighted by atomic mass is 16.5. The Kier molecular flexibility index (Phi) is 7.19. The Hall–Kier alpha value is -0.790. The maximum atomic E-state index is 11.9. The number of ether oxygens (including phenoxy) is 1. The van der Waals surface area contributed by atoms with E-state index in [2.05, 4.69) is 40.7 Å². The molecule has 182 valence electrons. The average molecular weight is 443 g/mol. The van der Waals surface area contributed by atoms with Gasteiger partial charge in [0.1, 0.15) is 6.10 Å². The van der Waals surface area contributed by atoms with Gasteiger partial charge in [-0.05, 0) is 91.3 Å². The van der Waals surface area contributed by atoms with E-state index in [1.165, 1.54) is 57.8 Å². The van der Waals surface area contributed by atoms with E-state index in [9.17, 15) is 4.79 Å². The summed E-state index contributed by atoms with van der Waals surface area (Å²) >= 11 is 0. The van der Waals surface area contributed by atoms with Crippen molar-refractivity contribution < 1.29 is 9.53 Å². The van der Waals surface area contributed by atoms with E-state index in [1.807, 2.05) is 6.92 Å². The van der Waals surface area contributed by atoms with E-state index in [4.69, 9.17) is 4.74 Å². The van der Waals surface area contributed by atoms with Gasteiger partial charge in [-0.1, -0.05) is 72.5 Å². The minimum absolute atomic E-state index is 0.0270. The fraction of sp³-hybridized carbons (Fsp3) is 0.900. The van der Waals surface area contributed by atoms with Crippen molar-refractivity contribution in [3.63, 3.8) is 0 Å². The predicted molar refractivity (Wildman–Crippen MR) is 133 cm³/mol. The van der Waals surface area contributed by atoms with E-state index in [0.717, 1.165) is 48.3 Å². The van der Waals surface area contributed by atoms with Crippen molar-refractivity contribution >= 4 is 5.97 Å². The topological polar surface area (TPSA) is 26.3 Å². The number of carbonyl (C=O) groups is 1. The van der Waals surface area contributed by atoms with Gasteiger partial charge in [-0.15, -0.1) is 0 Å². The van der Waals surface area contributed by atoms with Crippen LogP contribution in [0.25, 0.3) is 0 Å². The van der Waals surface area contributed by atoms with E-state index >= 15 is 0 Å². The molecule has 3 saturated carbocycles. The SMILES string of the molecule is CCC(=O)O[C@H]1CC[C@@]2(C)C(=CC[C@@H]3[C@H]4CC[C@@H]([C@H](C)CCCC(C)C)[C@]4(C)CC[C@H]32)C1. The summed E-state index contributed by atoms with van der Waals surface area (Å²) < 4.78 is 5.76. The van der Waals surface area contributed by atoms with E-state index in [-0.39, 0.29) is 12.1 Å². The highest BCUT2D eigenvalue weighted by Crippen LogP contribution is 2.67. The van der Waals surface area contributed by atoms with Gasteiger partial charge in [0.05, 0.1) is 0 Å². The Morgan fingerprint density at radius 2 is 1.84 bits per heavy atom. The third kappa shape index (κ3) is 4.34. The standard InChI is InChI=1S/C30H50O2/c1-7-28(31)32-23-15-17-29(5)22(19-23)11-12-24-26-14-13-25(21(4)10-8-9-20(2)3)30(26,6)18-16-27(24)29/h11,20-21,23-27H,7-10,12-19H2,1-6H3/t21-,23+,24-,25+,26-,27-,29+,30+/m1/s1. The summed E-state index contributed by atoms with van der Waals surface area (Å²) in [6, 6.07) is 0. The van der Waals surface area contributed by atoms with Crippen LogP contribution in [0, 0.1) is 46.3 Å². The van der Waals surface area contributed by atoms with Crippen LogP contribution in [0.15, 0.2) is 11.6 Å². The first-order chi connectivity index (χ1) is 15.2. The van der Waals surface area contributed by atoms with Gasteiger partial charge in [-0.25, -0.2) is 0 Å². The lowest BCUT2D eigenvalue weighted by atomic mass is 9.47. The van der Waals surface area contributed by atoms with Gasteiger partial charge in [-0.2, -0.15) is 0 Å². The number of allylic oxidation sites excluding steroid dienone is 1. The van der Waals surface area contributed by atoms with Crippen LogP contribution in [0.2, 0.25) is 0 Å². The van der Waals surface area contributed by atoms with Crippen molar-refractivity contribution in [3.8, 4) is 0 Å². The largest absolute Gasteiger partial charge is 0.462 e. The molecule has 0 spiro atoms. The maximum Gasteiger partial charge on any atom is 0.305 e. The fourth-order valence-electron chi connectivity index (χ4n) is 9.02. The zero-order chi connectivity index (χ0) is 23.1. The minimum Gasteiger partial charge on any atom is -0.462 e. The molecule has 0 unspecified atom stereocenters. The molecule has 0 amide bonds. The van der Waals surface area contributed by atoms with Gasteiger partial charge in [-0.3, -0.25) is 4.79 Å². The van der Waals surface area contributed by atoms with Crippen molar-refractivity contribution in [2.75, 3.05) is 0 Å². The summed E-state index contributed by atoms with van der Waals surface area (Å²) in [7, 11) is 0. The van der Waals surface area contributed by atoms with Gasteiger partial charge in [0.15, 0.2) is 0 Å². The maximum absolute atomic E-state index is 11.9. The molecule has 0 saturated heterocycles. The van der Waals surface area contributed by atoms with Gasteiger partial charge in [0.2, 0.25) is 0 Å². The van der Waals surface area contributed by atoms with Gasteiger partial charge >= 0.3 is 5.97 Å². The Bertz CT molecular complexity index is 708. The second-order valence-corrected chi connectivity index (χ2v) is 13.0. The summed E-state index contributed by atoms with van der Waals surface area (Å²) in [6.45, 7) is 14.5. The quantitative estimate of drug-likeness (QED) is 0.292. The van der Waals surface area contributed by atoms with Gasteiger partial charge < -0.3 is 4.74 Å². The summed E-state index contributed by atoms with van der Waals surface area (Å²) in [5.74, 6) is 5.28. The van der Waals surface area contributed by atoms with Crippen molar-refractivity contribution in [3.05, 3.63) is 11.6 Å². The smallest absolute Gasteiger partial charge is 0.305 e. The molecule has 2 nitrogen and oxygen atoms in total. The highest BCUT2D eigenvalue weighted by molar-refractivity contribution is 5.69. The van der Waals surface area contributed by atoms with E-state index in [0.29, 0.717) is 17.3 Å². The van der Waals surface area contributed by atoms with Crippen LogP contribution in [-0.2, 0) is 9.53 Å². The molecule has 4 aliphatic carbocycles. The van der Waals surface area contributed by atoms with Crippen LogP contribution in [0.5, 0.6) is 0 Å². The van der Waals surface area contributed by atoms with Gasteiger partial charge in [0, 0.05) is 12.8 Å². The highest BCUT2D eigenvalue weighted by Gasteiger charge is 2.59. The molecule has 2 heteroatoms. The molecule has 0 aromatic heterocycles. The number of fused-ring (bicyclic) bond motifs is 5. The van der Waals surface area contributed by atoms with Crippen molar-refractivity contribution in [2.24, 2.45) is 46.3 Å². The Balaban J connectivity index is 1.45. The van der Waals surface area contributed by atoms with Crippen molar-refractivity contribution in [1.29, 1.82) is 0 Å². The van der Waals surface area contributed by atoms with Crippen LogP contribution in [0.4, 0.5) is 0 Å². The number of carbonyl (C=O) groups excluding carboxylic acids is 1. The Morgan fingerprint density at radius 3 is 2.56 bits per heavy atom. The zero-order valence-corrected chi connectivity index (χ0v) is 21.9. The lowest BCUT2D eigenvalue weighted by molar-refractivity contribution is -0.151. The Morgan fingerprint density at radius 1 is 1.06 bits per heavy atom. The molecule has 8 atom stereocenters. The summed E-state index contributed by atoms with van der Waals surface area (Å²) in [5, 5.41) is 0.